The number of aromatic nitrogens is 1. The first kappa shape index (κ1) is 13.8. The molecule has 0 aliphatic carbocycles. The lowest BCUT2D eigenvalue weighted by Gasteiger charge is -2.13. The molecule has 0 saturated carbocycles. The first-order chi connectivity index (χ1) is 9.18. The Hall–Kier alpha value is -1.65. The molecule has 1 heterocycles. The summed E-state index contributed by atoms with van der Waals surface area (Å²) in [7, 11) is 4.09. The van der Waals surface area contributed by atoms with E-state index in [1.165, 1.54) is 6.07 Å². The van der Waals surface area contributed by atoms with Gasteiger partial charge >= 0.3 is 0 Å². The van der Waals surface area contributed by atoms with Crippen LogP contribution in [0.3, 0.4) is 0 Å². The molecule has 1 N–H and O–H groups in total. The maximum atomic E-state index is 13.8. The predicted octanol–water partition coefficient (Wildman–Crippen LogP) is 2.27. The molecule has 0 bridgehead atoms. The lowest BCUT2D eigenvalue weighted by Crippen LogP contribution is -2.26. The average Bonchev–Trinajstić information content (AvgIpc) is 2.83. The predicted molar refractivity (Wildman–Crippen MR) is 76.0 cm³/mol. The van der Waals surface area contributed by atoms with Gasteiger partial charge in [0.05, 0.1) is 5.69 Å². The average molecular weight is 261 g/mol. The largest absolute Gasteiger partial charge is 0.317 e. The lowest BCUT2D eigenvalue weighted by molar-refractivity contribution is 0.399. The van der Waals surface area contributed by atoms with Gasteiger partial charge in [0.25, 0.3) is 0 Å². The van der Waals surface area contributed by atoms with Gasteiger partial charge in [0.2, 0.25) is 0 Å². The minimum Gasteiger partial charge on any atom is -0.317 e. The van der Waals surface area contributed by atoms with Crippen molar-refractivity contribution < 1.29 is 4.39 Å². The number of likely N-dealkylation sites (N-methyl/N-ethyl adjacent to an activating group) is 1. The van der Waals surface area contributed by atoms with Crippen LogP contribution >= 0.6 is 0 Å². The first-order valence-corrected chi connectivity index (χ1v) is 6.45. The summed E-state index contributed by atoms with van der Waals surface area (Å²) in [4.78, 5) is 2.13. The van der Waals surface area contributed by atoms with E-state index in [-0.39, 0.29) is 5.82 Å². The van der Waals surface area contributed by atoms with Crippen molar-refractivity contribution in [3.63, 3.8) is 0 Å². The number of nitrogens with zero attached hydrogens (tertiary/aromatic N) is 2. The van der Waals surface area contributed by atoms with Gasteiger partial charge in [-0.15, -0.1) is 0 Å². The van der Waals surface area contributed by atoms with Crippen molar-refractivity contribution in [3.05, 3.63) is 54.1 Å². The number of hydrogen-bond acceptors (Lipinski definition) is 2. The number of para-hydroxylation sites is 1. The molecule has 0 aliphatic rings. The van der Waals surface area contributed by atoms with E-state index in [0.717, 1.165) is 25.3 Å². The summed E-state index contributed by atoms with van der Waals surface area (Å²) in [5.74, 6) is -0.201. The van der Waals surface area contributed by atoms with Crippen molar-refractivity contribution in [1.29, 1.82) is 0 Å². The maximum Gasteiger partial charge on any atom is 0.147 e. The number of hydrogen-bond donors (Lipinski definition) is 1. The zero-order valence-corrected chi connectivity index (χ0v) is 11.4. The van der Waals surface area contributed by atoms with E-state index < -0.39 is 0 Å². The lowest BCUT2D eigenvalue weighted by atomic mass is 10.3. The van der Waals surface area contributed by atoms with Gasteiger partial charge in [0, 0.05) is 31.5 Å². The topological polar surface area (TPSA) is 20.2 Å². The van der Waals surface area contributed by atoms with Crippen LogP contribution in [-0.4, -0.2) is 36.7 Å². The quantitative estimate of drug-likeness (QED) is 0.805. The molecular formula is C15H20FN3. The molecule has 0 unspecified atom stereocenters. The van der Waals surface area contributed by atoms with Crippen LogP contribution in [0.5, 0.6) is 0 Å². The van der Waals surface area contributed by atoms with Crippen LogP contribution in [0.15, 0.2) is 42.6 Å². The summed E-state index contributed by atoms with van der Waals surface area (Å²) in [5.41, 5.74) is 1.65. The molecule has 0 saturated heterocycles. The second-order valence-corrected chi connectivity index (χ2v) is 4.80. The molecule has 0 fully saturated rings. The fourth-order valence-electron chi connectivity index (χ4n) is 1.96. The molecule has 0 aliphatic heterocycles. The van der Waals surface area contributed by atoms with E-state index >= 15 is 0 Å². The van der Waals surface area contributed by atoms with E-state index in [4.69, 9.17) is 0 Å². The summed E-state index contributed by atoms with van der Waals surface area (Å²) in [6, 6.07) is 10.8. The summed E-state index contributed by atoms with van der Waals surface area (Å²) < 4.78 is 15.7. The van der Waals surface area contributed by atoms with Crippen LogP contribution in [-0.2, 0) is 6.54 Å². The normalized spacial score (nSPS) is 11.2. The summed E-state index contributed by atoms with van der Waals surface area (Å²) >= 11 is 0. The third-order valence-electron chi connectivity index (χ3n) is 2.99. The molecule has 0 atom stereocenters. The molecule has 2 rings (SSSR count). The second-order valence-electron chi connectivity index (χ2n) is 4.80. The summed E-state index contributed by atoms with van der Waals surface area (Å²) in [5, 5.41) is 3.36. The van der Waals surface area contributed by atoms with Gasteiger partial charge in [0.15, 0.2) is 0 Å². The number of rotatable bonds is 6. The molecule has 19 heavy (non-hydrogen) atoms. The van der Waals surface area contributed by atoms with Gasteiger partial charge in [-0.3, -0.25) is 0 Å². The summed E-state index contributed by atoms with van der Waals surface area (Å²) in [6.07, 6.45) is 1.89. The minimum absolute atomic E-state index is 0.201. The Morgan fingerprint density at radius 3 is 2.68 bits per heavy atom. The number of halogens is 1. The van der Waals surface area contributed by atoms with Gasteiger partial charge in [-0.2, -0.15) is 0 Å². The minimum atomic E-state index is -0.201. The molecule has 1 aromatic carbocycles. The fourth-order valence-corrected chi connectivity index (χ4v) is 1.96. The van der Waals surface area contributed by atoms with Crippen molar-refractivity contribution in [2.24, 2.45) is 0 Å². The zero-order valence-electron chi connectivity index (χ0n) is 11.4. The van der Waals surface area contributed by atoms with E-state index in [0.29, 0.717) is 5.69 Å². The Morgan fingerprint density at radius 2 is 1.95 bits per heavy atom. The van der Waals surface area contributed by atoms with E-state index in [1.807, 2.05) is 43.1 Å². The Morgan fingerprint density at radius 1 is 1.16 bits per heavy atom. The Balaban J connectivity index is 2.04. The molecular weight excluding hydrogens is 241 g/mol. The van der Waals surface area contributed by atoms with Crippen molar-refractivity contribution in [2.45, 2.75) is 6.54 Å². The van der Waals surface area contributed by atoms with Crippen LogP contribution in [0.4, 0.5) is 4.39 Å². The molecule has 102 valence electrons. The van der Waals surface area contributed by atoms with E-state index in [2.05, 4.69) is 10.2 Å². The molecule has 0 amide bonds. The van der Waals surface area contributed by atoms with Crippen molar-refractivity contribution in [3.8, 4) is 5.69 Å². The highest BCUT2D eigenvalue weighted by Gasteiger charge is 2.06. The smallest absolute Gasteiger partial charge is 0.147 e. The van der Waals surface area contributed by atoms with E-state index in [1.54, 1.807) is 12.1 Å². The first-order valence-electron chi connectivity index (χ1n) is 6.45. The van der Waals surface area contributed by atoms with Crippen molar-refractivity contribution in [1.82, 2.24) is 14.8 Å². The monoisotopic (exact) mass is 261 g/mol. The van der Waals surface area contributed by atoms with Gasteiger partial charge in [0.1, 0.15) is 5.82 Å². The molecule has 2 aromatic rings. The van der Waals surface area contributed by atoms with Crippen LogP contribution < -0.4 is 5.32 Å². The standard InChI is InChI=1S/C15H20FN3/c1-18(2)11-9-17-12-13-6-5-10-19(13)15-8-4-3-7-14(15)16/h3-8,10,17H,9,11-12H2,1-2H3. The summed E-state index contributed by atoms with van der Waals surface area (Å²) in [6.45, 7) is 2.63. The van der Waals surface area contributed by atoms with Gasteiger partial charge < -0.3 is 14.8 Å². The highest BCUT2D eigenvalue weighted by molar-refractivity contribution is 5.36. The molecule has 1 aromatic heterocycles. The van der Waals surface area contributed by atoms with Crippen LogP contribution in [0.1, 0.15) is 5.69 Å². The van der Waals surface area contributed by atoms with E-state index in [9.17, 15) is 4.39 Å². The van der Waals surface area contributed by atoms with Crippen LogP contribution in [0.25, 0.3) is 5.69 Å². The molecule has 3 nitrogen and oxygen atoms in total. The fraction of sp³-hybridized carbons (Fsp3) is 0.333. The van der Waals surface area contributed by atoms with Crippen LogP contribution in [0, 0.1) is 5.82 Å². The number of benzene rings is 1. The van der Waals surface area contributed by atoms with Crippen LogP contribution in [0.2, 0.25) is 0 Å². The Kier molecular flexibility index (Phi) is 4.71. The third-order valence-corrected chi connectivity index (χ3v) is 2.99. The van der Waals surface area contributed by atoms with Gasteiger partial charge in [-0.25, -0.2) is 4.39 Å². The number of nitrogens with one attached hydrogen (secondary N) is 1. The zero-order chi connectivity index (χ0) is 13.7. The third kappa shape index (κ3) is 3.66. The van der Waals surface area contributed by atoms with Crippen molar-refractivity contribution >= 4 is 0 Å². The Labute approximate surface area is 113 Å². The van der Waals surface area contributed by atoms with Gasteiger partial charge in [-0.05, 0) is 38.4 Å². The second kappa shape index (κ2) is 6.50. The SMILES string of the molecule is CN(C)CCNCc1cccn1-c1ccccc1F. The molecule has 0 radical (unpaired) electrons. The highest BCUT2D eigenvalue weighted by atomic mass is 19.1. The Bertz CT molecular complexity index is 520. The van der Waals surface area contributed by atoms with Gasteiger partial charge in [-0.1, -0.05) is 12.1 Å². The van der Waals surface area contributed by atoms with Crippen molar-refractivity contribution in [2.75, 3.05) is 27.2 Å². The molecule has 4 heteroatoms. The highest BCUT2D eigenvalue weighted by Crippen LogP contribution is 2.16. The maximum absolute atomic E-state index is 13.8. The molecule has 0 spiro atoms.